The highest BCUT2D eigenvalue weighted by atomic mass is 16.5. The Morgan fingerprint density at radius 1 is 1.26 bits per heavy atom. The first kappa shape index (κ1) is 15.2. The van der Waals surface area contributed by atoms with Gasteiger partial charge in [-0.15, -0.1) is 5.10 Å². The third-order valence-electron chi connectivity index (χ3n) is 3.59. The summed E-state index contributed by atoms with van der Waals surface area (Å²) in [5.74, 6) is -0.151. The van der Waals surface area contributed by atoms with Crippen molar-refractivity contribution in [1.82, 2.24) is 15.0 Å². The van der Waals surface area contributed by atoms with E-state index in [1.807, 2.05) is 59.4 Å². The number of esters is 1. The molecule has 5 heteroatoms. The van der Waals surface area contributed by atoms with Crippen LogP contribution in [0.25, 0.3) is 11.3 Å². The second-order valence-corrected chi connectivity index (χ2v) is 5.39. The van der Waals surface area contributed by atoms with Gasteiger partial charge in [-0.05, 0) is 12.5 Å². The van der Waals surface area contributed by atoms with Gasteiger partial charge in [0.25, 0.3) is 0 Å². The molecule has 0 fully saturated rings. The molecule has 5 nitrogen and oxygen atoms in total. The number of hydrogen-bond donors (Lipinski definition) is 0. The van der Waals surface area contributed by atoms with Crippen molar-refractivity contribution in [2.75, 3.05) is 0 Å². The maximum absolute atomic E-state index is 11.2. The number of carbonyl (C=O) groups excluding carboxylic acids is 1. The predicted molar refractivity (Wildman–Crippen MR) is 87.5 cm³/mol. The van der Waals surface area contributed by atoms with Crippen molar-refractivity contribution in [3.63, 3.8) is 0 Å². The molecule has 23 heavy (non-hydrogen) atoms. The third-order valence-corrected chi connectivity index (χ3v) is 3.59. The average molecular weight is 309 g/mol. The van der Waals surface area contributed by atoms with Gasteiger partial charge in [0.1, 0.15) is 11.8 Å². The quantitative estimate of drug-likeness (QED) is 0.607. The van der Waals surface area contributed by atoms with E-state index in [1.54, 1.807) is 0 Å². The fourth-order valence-electron chi connectivity index (χ4n) is 2.40. The van der Waals surface area contributed by atoms with Gasteiger partial charge in [-0.25, -0.2) is 0 Å². The Hall–Kier alpha value is -2.69. The molecule has 0 spiro atoms. The van der Waals surface area contributed by atoms with Crippen molar-refractivity contribution in [1.29, 1.82) is 0 Å². The van der Waals surface area contributed by atoms with Crippen LogP contribution in [0, 0.1) is 0 Å². The van der Waals surface area contributed by atoms with Crippen molar-refractivity contribution < 1.29 is 9.53 Å². The van der Waals surface area contributed by atoms with E-state index in [4.69, 9.17) is 4.74 Å². The van der Waals surface area contributed by atoms with Gasteiger partial charge in [0.2, 0.25) is 0 Å². The topological polar surface area (TPSA) is 57.0 Å². The van der Waals surface area contributed by atoms with E-state index < -0.39 is 0 Å². The molecule has 0 radical (unpaired) electrons. The second-order valence-electron chi connectivity index (χ2n) is 5.39. The van der Waals surface area contributed by atoms with Gasteiger partial charge in [-0.1, -0.05) is 53.8 Å². The first-order valence-corrected chi connectivity index (χ1v) is 7.78. The lowest BCUT2D eigenvalue weighted by molar-refractivity contribution is -0.146. The van der Waals surface area contributed by atoms with E-state index in [-0.39, 0.29) is 12.1 Å². The SMILES string of the molecule is O=C1CC=CC(C/C=C/CCn2cc(-c3ccccc3)nn2)O1. The summed E-state index contributed by atoms with van der Waals surface area (Å²) in [5.41, 5.74) is 1.95. The van der Waals surface area contributed by atoms with Gasteiger partial charge in [0.15, 0.2) is 0 Å². The number of cyclic esters (lactones) is 1. The van der Waals surface area contributed by atoms with Gasteiger partial charge in [0, 0.05) is 18.5 Å². The Morgan fingerprint density at radius 3 is 2.96 bits per heavy atom. The molecule has 1 aromatic carbocycles. The molecule has 1 aliphatic rings. The fourth-order valence-corrected chi connectivity index (χ4v) is 2.40. The molecular formula is C18H19N3O2. The van der Waals surface area contributed by atoms with E-state index in [2.05, 4.69) is 16.4 Å². The standard InChI is InChI=1S/C18H19N3O2/c22-18-12-7-11-16(23-18)10-5-2-6-13-21-14-17(19-20-21)15-8-3-1-4-9-15/h1-5,7-9,11,14,16H,6,10,12-13H2/b5-2+. The van der Waals surface area contributed by atoms with E-state index in [1.165, 1.54) is 0 Å². The Kier molecular flexibility index (Phi) is 4.99. The number of benzene rings is 1. The molecule has 0 N–H and O–H groups in total. The van der Waals surface area contributed by atoms with Crippen LogP contribution in [0.2, 0.25) is 0 Å². The summed E-state index contributed by atoms with van der Waals surface area (Å²) in [6.07, 6.45) is 11.7. The number of allylic oxidation sites excluding steroid dienone is 1. The summed E-state index contributed by atoms with van der Waals surface area (Å²) >= 11 is 0. The summed E-state index contributed by atoms with van der Waals surface area (Å²) in [6.45, 7) is 0.774. The Bertz CT molecular complexity index is 704. The minimum Gasteiger partial charge on any atom is -0.458 e. The molecule has 1 atom stereocenters. The van der Waals surface area contributed by atoms with Crippen LogP contribution in [0.4, 0.5) is 0 Å². The zero-order chi connectivity index (χ0) is 15.9. The molecule has 1 unspecified atom stereocenters. The Morgan fingerprint density at radius 2 is 2.13 bits per heavy atom. The zero-order valence-electron chi connectivity index (χ0n) is 12.8. The lowest BCUT2D eigenvalue weighted by atomic mass is 10.1. The molecule has 1 aliphatic heterocycles. The second kappa shape index (κ2) is 7.54. The number of aryl methyl sites for hydroxylation is 1. The number of rotatable bonds is 6. The monoisotopic (exact) mass is 309 g/mol. The minimum atomic E-state index is -0.151. The zero-order valence-corrected chi connectivity index (χ0v) is 12.8. The van der Waals surface area contributed by atoms with Gasteiger partial charge >= 0.3 is 5.97 Å². The van der Waals surface area contributed by atoms with Crippen LogP contribution in [0.1, 0.15) is 19.3 Å². The molecule has 3 rings (SSSR count). The van der Waals surface area contributed by atoms with E-state index in [0.717, 1.165) is 30.6 Å². The highest BCUT2D eigenvalue weighted by Crippen LogP contribution is 2.15. The largest absolute Gasteiger partial charge is 0.458 e. The summed E-state index contributed by atoms with van der Waals surface area (Å²) in [6, 6.07) is 10.0. The molecule has 0 saturated carbocycles. The Labute approximate surface area is 135 Å². The predicted octanol–water partition coefficient (Wildman–Crippen LogP) is 3.15. The van der Waals surface area contributed by atoms with Gasteiger partial charge in [-0.3, -0.25) is 9.48 Å². The molecular weight excluding hydrogens is 290 g/mol. The van der Waals surface area contributed by atoms with Crippen molar-refractivity contribution in [3.05, 3.63) is 60.8 Å². The molecule has 0 amide bonds. The maximum atomic E-state index is 11.2. The normalized spacial score (nSPS) is 17.6. The summed E-state index contributed by atoms with van der Waals surface area (Å²) in [4.78, 5) is 11.2. The third kappa shape index (κ3) is 4.39. The van der Waals surface area contributed by atoms with Crippen LogP contribution < -0.4 is 0 Å². The van der Waals surface area contributed by atoms with Crippen molar-refractivity contribution in [3.8, 4) is 11.3 Å². The molecule has 2 heterocycles. The van der Waals surface area contributed by atoms with E-state index in [0.29, 0.717) is 6.42 Å². The molecule has 118 valence electrons. The van der Waals surface area contributed by atoms with Crippen LogP contribution in [0.15, 0.2) is 60.8 Å². The molecule has 2 aromatic rings. The average Bonchev–Trinajstić information content (AvgIpc) is 3.04. The molecule has 0 saturated heterocycles. The van der Waals surface area contributed by atoms with Crippen LogP contribution in [0.3, 0.4) is 0 Å². The van der Waals surface area contributed by atoms with Gasteiger partial charge in [-0.2, -0.15) is 0 Å². The van der Waals surface area contributed by atoms with Crippen molar-refractivity contribution >= 4 is 5.97 Å². The summed E-state index contributed by atoms with van der Waals surface area (Å²) in [7, 11) is 0. The minimum absolute atomic E-state index is 0.122. The van der Waals surface area contributed by atoms with Crippen LogP contribution in [0.5, 0.6) is 0 Å². The lowest BCUT2D eigenvalue weighted by Crippen LogP contribution is -2.18. The van der Waals surface area contributed by atoms with Crippen molar-refractivity contribution in [2.24, 2.45) is 0 Å². The maximum Gasteiger partial charge on any atom is 0.310 e. The van der Waals surface area contributed by atoms with E-state index in [9.17, 15) is 4.79 Å². The smallest absolute Gasteiger partial charge is 0.310 e. The molecule has 0 aliphatic carbocycles. The first-order chi connectivity index (χ1) is 11.3. The highest BCUT2D eigenvalue weighted by Gasteiger charge is 2.13. The summed E-state index contributed by atoms with van der Waals surface area (Å²) in [5, 5.41) is 8.33. The first-order valence-electron chi connectivity index (χ1n) is 7.78. The van der Waals surface area contributed by atoms with E-state index >= 15 is 0 Å². The number of aromatic nitrogens is 3. The van der Waals surface area contributed by atoms with Gasteiger partial charge < -0.3 is 4.74 Å². The van der Waals surface area contributed by atoms with Crippen molar-refractivity contribution in [2.45, 2.75) is 31.9 Å². The molecule has 1 aromatic heterocycles. The van der Waals surface area contributed by atoms with Crippen LogP contribution >= 0.6 is 0 Å². The Balaban J connectivity index is 1.45. The fraction of sp³-hybridized carbons (Fsp3) is 0.278. The van der Waals surface area contributed by atoms with Crippen LogP contribution in [-0.2, 0) is 16.1 Å². The number of hydrogen-bond acceptors (Lipinski definition) is 4. The number of carbonyl (C=O) groups is 1. The highest BCUT2D eigenvalue weighted by molar-refractivity contribution is 5.72. The lowest BCUT2D eigenvalue weighted by Gasteiger charge is -2.15. The molecule has 0 bridgehead atoms. The number of ether oxygens (including phenoxy) is 1. The van der Waals surface area contributed by atoms with Gasteiger partial charge in [0.05, 0.1) is 12.6 Å². The summed E-state index contributed by atoms with van der Waals surface area (Å²) < 4.78 is 7.04. The van der Waals surface area contributed by atoms with Crippen LogP contribution in [-0.4, -0.2) is 27.1 Å². The number of nitrogens with zero attached hydrogens (tertiary/aromatic N) is 3.